The third kappa shape index (κ3) is 4.39. The number of benzene rings is 2. The smallest absolute Gasteiger partial charge is 0.344 e. The number of ether oxygens (including phenoxy) is 2. The predicted molar refractivity (Wildman–Crippen MR) is 94.0 cm³/mol. The molecule has 0 aliphatic carbocycles. The normalized spacial score (nSPS) is 10.6. The summed E-state index contributed by atoms with van der Waals surface area (Å²) >= 11 is 5.87. The lowest BCUT2D eigenvalue weighted by molar-refractivity contribution is -0.147. The van der Waals surface area contributed by atoms with Crippen LogP contribution in [-0.2, 0) is 16.1 Å². The Kier molecular flexibility index (Phi) is 5.05. The number of carbonyl (C=O) groups excluding carboxylic acids is 1. The van der Waals surface area contributed by atoms with Crippen LogP contribution in [0.2, 0.25) is 5.02 Å². The lowest BCUT2D eigenvalue weighted by Crippen LogP contribution is -2.14. The topological polar surface area (TPSA) is 65.7 Å². The van der Waals surface area contributed by atoms with Gasteiger partial charge in [0.05, 0.1) is 0 Å². The van der Waals surface area contributed by atoms with Gasteiger partial charge in [0, 0.05) is 22.5 Å². The fourth-order valence-electron chi connectivity index (χ4n) is 2.37. The summed E-state index contributed by atoms with van der Waals surface area (Å²) in [5.41, 5.74) is 1.60. The molecule has 1 heterocycles. The van der Waals surface area contributed by atoms with Gasteiger partial charge in [-0.05, 0) is 42.3 Å². The van der Waals surface area contributed by atoms with E-state index in [-0.39, 0.29) is 13.2 Å². The Morgan fingerprint density at radius 2 is 2.00 bits per heavy atom. The zero-order valence-corrected chi connectivity index (χ0v) is 14.2. The van der Waals surface area contributed by atoms with Gasteiger partial charge in [-0.3, -0.25) is 0 Å². The van der Waals surface area contributed by atoms with E-state index >= 15 is 0 Å². The SMILES string of the molecule is Cc1cc(=O)oc2cc(OCC(=O)OCc3cccc(Cl)c3)ccc12. The second-order valence-corrected chi connectivity index (χ2v) is 5.92. The zero-order chi connectivity index (χ0) is 17.8. The molecule has 0 bridgehead atoms. The molecule has 0 saturated carbocycles. The summed E-state index contributed by atoms with van der Waals surface area (Å²) in [6.07, 6.45) is 0. The first kappa shape index (κ1) is 17.0. The molecule has 0 aliphatic rings. The fraction of sp³-hybridized carbons (Fsp3) is 0.158. The summed E-state index contributed by atoms with van der Waals surface area (Å²) in [4.78, 5) is 23.2. The fourth-order valence-corrected chi connectivity index (χ4v) is 2.58. The molecule has 0 amide bonds. The van der Waals surface area contributed by atoms with E-state index in [0.29, 0.717) is 16.4 Å². The van der Waals surface area contributed by atoms with Gasteiger partial charge in [0.1, 0.15) is 17.9 Å². The van der Waals surface area contributed by atoms with Gasteiger partial charge in [-0.2, -0.15) is 0 Å². The van der Waals surface area contributed by atoms with Crippen LogP contribution in [-0.4, -0.2) is 12.6 Å². The van der Waals surface area contributed by atoms with Crippen LogP contribution in [0.1, 0.15) is 11.1 Å². The van der Waals surface area contributed by atoms with E-state index in [4.69, 9.17) is 25.5 Å². The Morgan fingerprint density at radius 1 is 1.16 bits per heavy atom. The number of hydrogen-bond acceptors (Lipinski definition) is 5. The molecule has 0 aliphatic heterocycles. The van der Waals surface area contributed by atoms with Crippen molar-refractivity contribution in [3.8, 4) is 5.75 Å². The van der Waals surface area contributed by atoms with Gasteiger partial charge in [-0.25, -0.2) is 9.59 Å². The zero-order valence-electron chi connectivity index (χ0n) is 13.5. The molecule has 2 aromatic carbocycles. The van der Waals surface area contributed by atoms with E-state index in [2.05, 4.69) is 0 Å². The summed E-state index contributed by atoms with van der Waals surface area (Å²) in [7, 11) is 0. The predicted octanol–water partition coefficient (Wildman–Crippen LogP) is 3.88. The maximum absolute atomic E-state index is 11.8. The minimum absolute atomic E-state index is 0.120. The van der Waals surface area contributed by atoms with E-state index in [1.165, 1.54) is 6.07 Å². The highest BCUT2D eigenvalue weighted by Crippen LogP contribution is 2.22. The molecular formula is C19H15ClO5. The Hall–Kier alpha value is -2.79. The maximum Gasteiger partial charge on any atom is 0.344 e. The number of aryl methyl sites for hydroxylation is 1. The molecule has 0 atom stereocenters. The standard InChI is InChI=1S/C19H15ClO5/c1-12-7-18(21)25-17-9-15(5-6-16(12)17)23-11-19(22)24-10-13-3-2-4-14(20)8-13/h2-9H,10-11H2,1H3. The van der Waals surface area contributed by atoms with E-state index in [1.54, 1.807) is 36.4 Å². The first-order valence-corrected chi connectivity index (χ1v) is 7.96. The van der Waals surface area contributed by atoms with Crippen molar-refractivity contribution in [3.63, 3.8) is 0 Å². The Labute approximate surface area is 148 Å². The van der Waals surface area contributed by atoms with Crippen molar-refractivity contribution in [2.75, 3.05) is 6.61 Å². The molecule has 0 spiro atoms. The number of halogens is 1. The number of fused-ring (bicyclic) bond motifs is 1. The van der Waals surface area contributed by atoms with E-state index in [9.17, 15) is 9.59 Å². The van der Waals surface area contributed by atoms with Gasteiger partial charge in [-0.15, -0.1) is 0 Å². The lowest BCUT2D eigenvalue weighted by Gasteiger charge is -2.08. The third-order valence-corrected chi connectivity index (χ3v) is 3.80. The van der Waals surface area contributed by atoms with E-state index < -0.39 is 11.6 Å². The number of hydrogen-bond donors (Lipinski definition) is 0. The van der Waals surface area contributed by atoms with E-state index in [0.717, 1.165) is 16.5 Å². The highest BCUT2D eigenvalue weighted by atomic mass is 35.5. The van der Waals surface area contributed by atoms with Crippen molar-refractivity contribution in [1.29, 1.82) is 0 Å². The van der Waals surface area contributed by atoms with Crippen molar-refractivity contribution in [2.24, 2.45) is 0 Å². The molecule has 5 nitrogen and oxygen atoms in total. The molecule has 3 aromatic rings. The Bertz CT molecular complexity index is 977. The van der Waals surface area contributed by atoms with Crippen LogP contribution in [0, 0.1) is 6.92 Å². The number of carbonyl (C=O) groups is 1. The van der Waals surface area contributed by atoms with Crippen molar-refractivity contribution < 1.29 is 18.7 Å². The summed E-state index contributed by atoms with van der Waals surface area (Å²) < 4.78 is 15.7. The maximum atomic E-state index is 11.8. The minimum atomic E-state index is -0.509. The first-order valence-electron chi connectivity index (χ1n) is 7.58. The van der Waals surface area contributed by atoms with Gasteiger partial charge in [0.15, 0.2) is 6.61 Å². The van der Waals surface area contributed by atoms with Crippen LogP contribution in [0.25, 0.3) is 11.0 Å². The van der Waals surface area contributed by atoms with Gasteiger partial charge in [-0.1, -0.05) is 23.7 Å². The summed E-state index contributed by atoms with van der Waals surface area (Å²) in [5, 5.41) is 1.40. The molecule has 0 radical (unpaired) electrons. The molecule has 0 unspecified atom stereocenters. The molecule has 0 fully saturated rings. The van der Waals surface area contributed by atoms with Gasteiger partial charge < -0.3 is 13.9 Å². The van der Waals surface area contributed by atoms with Crippen LogP contribution in [0.3, 0.4) is 0 Å². The monoisotopic (exact) mass is 358 g/mol. The Morgan fingerprint density at radius 3 is 2.80 bits per heavy atom. The van der Waals surface area contributed by atoms with Gasteiger partial charge in [0.25, 0.3) is 0 Å². The molecule has 0 N–H and O–H groups in total. The highest BCUT2D eigenvalue weighted by Gasteiger charge is 2.08. The van der Waals surface area contributed by atoms with Crippen LogP contribution >= 0.6 is 11.6 Å². The van der Waals surface area contributed by atoms with Gasteiger partial charge in [0.2, 0.25) is 0 Å². The number of rotatable bonds is 5. The average Bonchev–Trinajstić information content (AvgIpc) is 2.57. The van der Waals surface area contributed by atoms with E-state index in [1.807, 2.05) is 13.0 Å². The van der Waals surface area contributed by atoms with Crippen molar-refractivity contribution >= 4 is 28.5 Å². The second-order valence-electron chi connectivity index (χ2n) is 5.49. The molecule has 0 saturated heterocycles. The molecule has 1 aromatic heterocycles. The molecule has 128 valence electrons. The van der Waals surface area contributed by atoms with Crippen molar-refractivity contribution in [1.82, 2.24) is 0 Å². The summed E-state index contributed by atoms with van der Waals surface area (Å²) in [6.45, 7) is 1.70. The van der Waals surface area contributed by atoms with Crippen molar-refractivity contribution in [2.45, 2.75) is 13.5 Å². The number of esters is 1. The third-order valence-electron chi connectivity index (χ3n) is 3.57. The highest BCUT2D eigenvalue weighted by molar-refractivity contribution is 6.30. The van der Waals surface area contributed by atoms with Crippen LogP contribution in [0.4, 0.5) is 0 Å². The quantitative estimate of drug-likeness (QED) is 0.511. The average molecular weight is 359 g/mol. The van der Waals surface area contributed by atoms with Crippen LogP contribution in [0.15, 0.2) is 57.7 Å². The minimum Gasteiger partial charge on any atom is -0.482 e. The molecule has 3 rings (SSSR count). The first-order chi connectivity index (χ1) is 12.0. The summed E-state index contributed by atoms with van der Waals surface area (Å²) in [5.74, 6) is -0.0910. The van der Waals surface area contributed by atoms with Gasteiger partial charge >= 0.3 is 11.6 Å². The van der Waals surface area contributed by atoms with Crippen LogP contribution in [0.5, 0.6) is 5.75 Å². The molecule has 6 heteroatoms. The van der Waals surface area contributed by atoms with Crippen LogP contribution < -0.4 is 10.4 Å². The lowest BCUT2D eigenvalue weighted by atomic mass is 10.1. The largest absolute Gasteiger partial charge is 0.482 e. The Balaban J connectivity index is 1.60. The summed E-state index contributed by atoms with van der Waals surface area (Å²) in [6, 6.07) is 13.6. The van der Waals surface area contributed by atoms with Crippen molar-refractivity contribution in [3.05, 3.63) is 75.1 Å². The molecular weight excluding hydrogens is 344 g/mol. The molecule has 25 heavy (non-hydrogen) atoms. The second kappa shape index (κ2) is 7.40.